The molecule has 0 aliphatic heterocycles. The van der Waals surface area contributed by atoms with Crippen molar-refractivity contribution in [3.05, 3.63) is 23.8 Å². The Morgan fingerprint density at radius 1 is 1.28 bits per heavy atom. The minimum absolute atomic E-state index is 0.167. The Kier molecular flexibility index (Phi) is 5.58. The fourth-order valence-corrected chi connectivity index (χ4v) is 2.74. The monoisotopic (exact) mass is 273 g/mol. The molecule has 0 amide bonds. The smallest absolute Gasteiger partial charge is 0.244 e. The summed E-state index contributed by atoms with van der Waals surface area (Å²) in [6.07, 6.45) is 0.768. The summed E-state index contributed by atoms with van der Waals surface area (Å²) >= 11 is 0. The highest BCUT2D eigenvalue weighted by molar-refractivity contribution is 7.89. The normalized spacial score (nSPS) is 11.5. The van der Waals surface area contributed by atoms with Gasteiger partial charge in [-0.25, -0.2) is 13.1 Å². The quantitative estimate of drug-likeness (QED) is 0.758. The van der Waals surface area contributed by atoms with Crippen molar-refractivity contribution in [1.29, 1.82) is 0 Å². The van der Waals surface area contributed by atoms with Crippen molar-refractivity contribution in [2.45, 2.75) is 18.2 Å². The zero-order valence-corrected chi connectivity index (χ0v) is 11.7. The summed E-state index contributed by atoms with van der Waals surface area (Å²) in [7, 11) is -0.589. The summed E-state index contributed by atoms with van der Waals surface area (Å²) in [4.78, 5) is 0.167. The lowest BCUT2D eigenvalue weighted by Crippen LogP contribution is -2.27. The molecule has 0 unspecified atom stereocenters. The molecule has 0 aliphatic rings. The van der Waals surface area contributed by atoms with E-state index in [2.05, 4.69) is 4.72 Å². The van der Waals surface area contributed by atoms with Crippen molar-refractivity contribution in [3.8, 4) is 5.75 Å². The second-order valence-electron chi connectivity index (χ2n) is 3.73. The second kappa shape index (κ2) is 6.72. The van der Waals surface area contributed by atoms with Crippen molar-refractivity contribution in [1.82, 2.24) is 4.72 Å². The molecular formula is C12H19NO4S. The van der Waals surface area contributed by atoms with Crippen molar-refractivity contribution in [3.63, 3.8) is 0 Å². The molecule has 6 heteroatoms. The Morgan fingerprint density at radius 2 is 2.00 bits per heavy atom. The maximum Gasteiger partial charge on any atom is 0.244 e. The molecule has 0 radical (unpaired) electrons. The van der Waals surface area contributed by atoms with Gasteiger partial charge < -0.3 is 9.47 Å². The molecule has 0 heterocycles. The molecular weight excluding hydrogens is 254 g/mol. The third-order valence-corrected chi connectivity index (χ3v) is 4.01. The van der Waals surface area contributed by atoms with Crippen LogP contribution in [0.15, 0.2) is 23.1 Å². The largest absolute Gasteiger partial charge is 0.495 e. The summed E-state index contributed by atoms with van der Waals surface area (Å²) in [5, 5.41) is 0. The highest BCUT2D eigenvalue weighted by Crippen LogP contribution is 2.24. The van der Waals surface area contributed by atoms with Gasteiger partial charge in [-0.1, -0.05) is 13.0 Å². The van der Waals surface area contributed by atoms with Gasteiger partial charge in [0.2, 0.25) is 10.0 Å². The molecule has 0 aliphatic carbocycles. The van der Waals surface area contributed by atoms with E-state index in [-0.39, 0.29) is 11.4 Å². The predicted molar refractivity (Wildman–Crippen MR) is 69.4 cm³/mol. The van der Waals surface area contributed by atoms with E-state index in [1.165, 1.54) is 14.2 Å². The molecule has 102 valence electrons. The van der Waals surface area contributed by atoms with Crippen molar-refractivity contribution >= 4 is 10.0 Å². The van der Waals surface area contributed by atoms with Gasteiger partial charge in [0, 0.05) is 13.7 Å². The van der Waals surface area contributed by atoms with E-state index in [1.54, 1.807) is 12.1 Å². The minimum atomic E-state index is -3.56. The van der Waals surface area contributed by atoms with E-state index in [9.17, 15) is 8.42 Å². The molecule has 0 bridgehead atoms. The first-order valence-corrected chi connectivity index (χ1v) is 7.19. The number of rotatable bonds is 7. The van der Waals surface area contributed by atoms with Gasteiger partial charge in [0.15, 0.2) is 0 Å². The van der Waals surface area contributed by atoms with Crippen LogP contribution in [-0.2, 0) is 21.2 Å². The molecule has 0 saturated heterocycles. The minimum Gasteiger partial charge on any atom is -0.495 e. The molecule has 0 spiro atoms. The molecule has 1 aromatic rings. The summed E-state index contributed by atoms with van der Waals surface area (Å²) in [6.45, 7) is 2.53. The van der Waals surface area contributed by atoms with Crippen molar-refractivity contribution in [2.24, 2.45) is 0 Å². The summed E-state index contributed by atoms with van der Waals surface area (Å²) in [6, 6.07) is 5.16. The number of methoxy groups -OCH3 is 2. The molecule has 0 aromatic heterocycles. The SMILES string of the molecule is CCc1ccc(OC)c(S(=O)(=O)NCCOC)c1. The van der Waals surface area contributed by atoms with E-state index in [1.807, 2.05) is 13.0 Å². The summed E-state index contributed by atoms with van der Waals surface area (Å²) < 4.78 is 36.6. The Bertz CT molecular complexity index is 485. The molecule has 0 saturated carbocycles. The zero-order chi connectivity index (χ0) is 13.6. The topological polar surface area (TPSA) is 64.6 Å². The first-order valence-electron chi connectivity index (χ1n) is 5.70. The third-order valence-electron chi connectivity index (χ3n) is 2.52. The van der Waals surface area contributed by atoms with Crippen LogP contribution >= 0.6 is 0 Å². The molecule has 5 nitrogen and oxygen atoms in total. The number of benzene rings is 1. The van der Waals surface area contributed by atoms with Gasteiger partial charge >= 0.3 is 0 Å². The maximum absolute atomic E-state index is 12.1. The van der Waals surface area contributed by atoms with E-state index < -0.39 is 10.0 Å². The Morgan fingerprint density at radius 3 is 2.56 bits per heavy atom. The highest BCUT2D eigenvalue weighted by Gasteiger charge is 2.19. The van der Waals surface area contributed by atoms with Gasteiger partial charge in [-0.15, -0.1) is 0 Å². The second-order valence-corrected chi connectivity index (χ2v) is 5.46. The number of hydrogen-bond donors (Lipinski definition) is 1. The van der Waals surface area contributed by atoms with Crippen molar-refractivity contribution < 1.29 is 17.9 Å². The Balaban J connectivity index is 3.05. The van der Waals surface area contributed by atoms with Crippen LogP contribution in [0.2, 0.25) is 0 Å². The van der Waals surface area contributed by atoms with E-state index >= 15 is 0 Å². The lowest BCUT2D eigenvalue weighted by Gasteiger charge is -2.11. The van der Waals surface area contributed by atoms with Gasteiger partial charge in [-0.2, -0.15) is 0 Å². The van der Waals surface area contributed by atoms with Crippen molar-refractivity contribution in [2.75, 3.05) is 27.4 Å². The third kappa shape index (κ3) is 3.69. The van der Waals surface area contributed by atoms with Crippen LogP contribution in [0.25, 0.3) is 0 Å². The standard InChI is InChI=1S/C12H19NO4S/c1-4-10-5-6-11(17-3)12(9-10)18(14,15)13-7-8-16-2/h5-6,9,13H,4,7-8H2,1-3H3. The maximum atomic E-state index is 12.1. The first kappa shape index (κ1) is 14.9. The number of ether oxygens (including phenoxy) is 2. The van der Waals surface area contributed by atoms with Gasteiger partial charge in [-0.3, -0.25) is 0 Å². The van der Waals surface area contributed by atoms with Gasteiger partial charge in [0.05, 0.1) is 13.7 Å². The average molecular weight is 273 g/mol. The molecule has 0 fully saturated rings. The van der Waals surface area contributed by atoms with Crippen LogP contribution in [0, 0.1) is 0 Å². The van der Waals surface area contributed by atoms with Gasteiger partial charge in [-0.05, 0) is 24.1 Å². The van der Waals surface area contributed by atoms with Crippen LogP contribution in [0.4, 0.5) is 0 Å². The van der Waals surface area contributed by atoms with Crippen LogP contribution in [0.3, 0.4) is 0 Å². The predicted octanol–water partition coefficient (Wildman–Crippen LogP) is 1.18. The Labute approximate surface area is 108 Å². The van der Waals surface area contributed by atoms with Crippen LogP contribution in [-0.4, -0.2) is 35.8 Å². The zero-order valence-electron chi connectivity index (χ0n) is 10.9. The van der Waals surface area contributed by atoms with Crippen LogP contribution in [0.1, 0.15) is 12.5 Å². The first-order chi connectivity index (χ1) is 8.55. The molecule has 1 aromatic carbocycles. The number of hydrogen-bond acceptors (Lipinski definition) is 4. The van der Waals surface area contributed by atoms with Gasteiger partial charge in [0.1, 0.15) is 10.6 Å². The van der Waals surface area contributed by atoms with Crippen LogP contribution in [0.5, 0.6) is 5.75 Å². The molecule has 1 rings (SSSR count). The Hall–Kier alpha value is -1.11. The fourth-order valence-electron chi connectivity index (χ4n) is 1.51. The lowest BCUT2D eigenvalue weighted by molar-refractivity contribution is 0.204. The average Bonchev–Trinajstić information content (AvgIpc) is 2.38. The van der Waals surface area contributed by atoms with Gasteiger partial charge in [0.25, 0.3) is 0 Å². The van der Waals surface area contributed by atoms with E-state index in [0.29, 0.717) is 12.4 Å². The van der Waals surface area contributed by atoms with Crippen LogP contribution < -0.4 is 9.46 Å². The van der Waals surface area contributed by atoms with E-state index in [4.69, 9.17) is 9.47 Å². The summed E-state index contributed by atoms with van der Waals surface area (Å²) in [5.74, 6) is 0.345. The molecule has 0 atom stereocenters. The number of nitrogens with one attached hydrogen (secondary N) is 1. The number of sulfonamides is 1. The highest BCUT2D eigenvalue weighted by atomic mass is 32.2. The number of aryl methyl sites for hydroxylation is 1. The molecule has 1 N–H and O–H groups in total. The van der Waals surface area contributed by atoms with E-state index in [0.717, 1.165) is 12.0 Å². The summed E-state index contributed by atoms with van der Waals surface area (Å²) in [5.41, 5.74) is 0.947. The fraction of sp³-hybridized carbons (Fsp3) is 0.500. The molecule has 18 heavy (non-hydrogen) atoms. The lowest BCUT2D eigenvalue weighted by atomic mass is 10.2.